The van der Waals surface area contributed by atoms with Gasteiger partial charge in [-0.3, -0.25) is 0 Å². The lowest BCUT2D eigenvalue weighted by Crippen LogP contribution is -2.23. The Balaban J connectivity index is 2.08. The van der Waals surface area contributed by atoms with Crippen molar-refractivity contribution in [1.82, 2.24) is 5.32 Å². The zero-order valence-electron chi connectivity index (χ0n) is 13.1. The molecule has 0 spiro atoms. The molecule has 0 fully saturated rings. The Morgan fingerprint density at radius 2 is 1.62 bits per heavy atom. The maximum absolute atomic E-state index is 6.04. The lowest BCUT2D eigenvalue weighted by atomic mass is 10.1. The number of rotatable bonds is 6. The molecule has 0 saturated heterocycles. The van der Waals surface area contributed by atoms with E-state index in [9.17, 15) is 0 Å². The van der Waals surface area contributed by atoms with Crippen LogP contribution in [-0.4, -0.2) is 20.8 Å². The number of hydrogen-bond donors (Lipinski definition) is 1. The summed E-state index contributed by atoms with van der Waals surface area (Å²) in [6.45, 7) is 4.74. The van der Waals surface area contributed by atoms with Crippen molar-refractivity contribution in [2.24, 2.45) is 0 Å². The molecular formula is C18H23NO2. The van der Waals surface area contributed by atoms with E-state index >= 15 is 0 Å². The highest BCUT2D eigenvalue weighted by atomic mass is 16.5. The summed E-state index contributed by atoms with van der Waals surface area (Å²) in [7, 11) is 3.62. The van der Waals surface area contributed by atoms with Gasteiger partial charge in [0, 0.05) is 0 Å². The van der Waals surface area contributed by atoms with Crippen molar-refractivity contribution in [3.05, 3.63) is 59.2 Å². The highest BCUT2D eigenvalue weighted by Gasteiger charge is 2.12. The normalized spacial score (nSPS) is 12.0. The summed E-state index contributed by atoms with van der Waals surface area (Å²) in [5, 5.41) is 3.30. The number of ether oxygens (including phenoxy) is 2. The number of methoxy groups -OCH3 is 1. The van der Waals surface area contributed by atoms with Crippen LogP contribution in [0.1, 0.15) is 22.7 Å². The summed E-state index contributed by atoms with van der Waals surface area (Å²) in [4.78, 5) is 0. The molecule has 0 aliphatic heterocycles. The van der Waals surface area contributed by atoms with Crippen LogP contribution in [0.4, 0.5) is 0 Å². The number of benzene rings is 2. The topological polar surface area (TPSA) is 30.5 Å². The van der Waals surface area contributed by atoms with E-state index in [-0.39, 0.29) is 6.04 Å². The van der Waals surface area contributed by atoms with E-state index in [0.29, 0.717) is 6.61 Å². The first-order chi connectivity index (χ1) is 10.2. The summed E-state index contributed by atoms with van der Waals surface area (Å²) in [6, 6.07) is 14.4. The van der Waals surface area contributed by atoms with Crippen LogP contribution in [-0.2, 0) is 0 Å². The lowest BCUT2D eigenvalue weighted by molar-refractivity contribution is 0.270. The van der Waals surface area contributed by atoms with Crippen molar-refractivity contribution < 1.29 is 9.47 Å². The molecular weight excluding hydrogens is 262 g/mol. The monoisotopic (exact) mass is 285 g/mol. The summed E-state index contributed by atoms with van der Waals surface area (Å²) in [6.07, 6.45) is 0. The van der Waals surface area contributed by atoms with Crippen LogP contribution in [0.5, 0.6) is 11.5 Å². The number of likely N-dealkylation sites (N-methyl/N-ethyl adjacent to an activating group) is 1. The van der Waals surface area contributed by atoms with Gasteiger partial charge in [0.25, 0.3) is 0 Å². The van der Waals surface area contributed by atoms with Crippen molar-refractivity contribution >= 4 is 0 Å². The van der Waals surface area contributed by atoms with Crippen LogP contribution < -0.4 is 14.8 Å². The third kappa shape index (κ3) is 3.76. The quantitative estimate of drug-likeness (QED) is 0.878. The maximum atomic E-state index is 6.04. The van der Waals surface area contributed by atoms with Crippen LogP contribution >= 0.6 is 0 Å². The first-order valence-corrected chi connectivity index (χ1v) is 7.16. The molecule has 1 atom stereocenters. The standard InChI is InChI=1S/C18H23NO2/c1-13-6-5-7-14(2)18(13)21-12-17(19-3)15-8-10-16(20-4)11-9-15/h5-11,17,19H,12H2,1-4H3. The van der Waals surface area contributed by atoms with E-state index in [1.807, 2.05) is 19.2 Å². The van der Waals surface area contributed by atoms with Gasteiger partial charge in [0.2, 0.25) is 0 Å². The highest BCUT2D eigenvalue weighted by molar-refractivity contribution is 5.40. The molecule has 0 heterocycles. The SMILES string of the molecule is CNC(COc1c(C)cccc1C)c1ccc(OC)cc1. The number of aryl methyl sites for hydroxylation is 2. The van der Waals surface area contributed by atoms with Gasteiger partial charge in [-0.05, 0) is 49.7 Å². The molecule has 21 heavy (non-hydrogen) atoms. The minimum absolute atomic E-state index is 0.148. The molecule has 1 unspecified atom stereocenters. The van der Waals surface area contributed by atoms with Gasteiger partial charge in [-0.2, -0.15) is 0 Å². The molecule has 0 aliphatic carbocycles. The molecule has 0 aliphatic rings. The van der Waals surface area contributed by atoms with Crippen LogP contribution in [0.25, 0.3) is 0 Å². The second-order valence-electron chi connectivity index (χ2n) is 5.15. The van der Waals surface area contributed by atoms with Gasteiger partial charge in [0.15, 0.2) is 0 Å². The van der Waals surface area contributed by atoms with Gasteiger partial charge in [0.05, 0.1) is 13.2 Å². The Hall–Kier alpha value is -2.00. The first kappa shape index (κ1) is 15.4. The van der Waals surface area contributed by atoms with Gasteiger partial charge in [-0.25, -0.2) is 0 Å². The Bertz CT molecular complexity index is 558. The average molecular weight is 285 g/mol. The van der Waals surface area contributed by atoms with Gasteiger partial charge < -0.3 is 14.8 Å². The first-order valence-electron chi connectivity index (χ1n) is 7.16. The van der Waals surface area contributed by atoms with E-state index in [0.717, 1.165) is 11.5 Å². The largest absolute Gasteiger partial charge is 0.497 e. The zero-order valence-corrected chi connectivity index (χ0v) is 13.1. The predicted octanol–water partition coefficient (Wildman–Crippen LogP) is 3.65. The average Bonchev–Trinajstić information content (AvgIpc) is 2.51. The second kappa shape index (κ2) is 7.14. The third-order valence-corrected chi connectivity index (χ3v) is 3.67. The minimum atomic E-state index is 0.148. The van der Waals surface area contributed by atoms with Crippen LogP contribution in [0.2, 0.25) is 0 Å². The smallest absolute Gasteiger partial charge is 0.125 e. The molecule has 0 aromatic heterocycles. The van der Waals surface area contributed by atoms with E-state index < -0.39 is 0 Å². The lowest BCUT2D eigenvalue weighted by Gasteiger charge is -2.19. The maximum Gasteiger partial charge on any atom is 0.125 e. The summed E-state index contributed by atoms with van der Waals surface area (Å²) >= 11 is 0. The minimum Gasteiger partial charge on any atom is -0.497 e. The van der Waals surface area contributed by atoms with Crippen LogP contribution in [0.15, 0.2) is 42.5 Å². The molecule has 2 aromatic carbocycles. The summed E-state index contributed by atoms with van der Waals surface area (Å²) < 4.78 is 11.2. The van der Waals surface area contributed by atoms with Crippen molar-refractivity contribution in [2.75, 3.05) is 20.8 Å². The number of para-hydroxylation sites is 1. The van der Waals surface area contributed by atoms with Crippen molar-refractivity contribution in [1.29, 1.82) is 0 Å². The van der Waals surface area contributed by atoms with Gasteiger partial charge in [-0.15, -0.1) is 0 Å². The fourth-order valence-corrected chi connectivity index (χ4v) is 2.38. The zero-order chi connectivity index (χ0) is 15.2. The van der Waals surface area contributed by atoms with Gasteiger partial charge in [0.1, 0.15) is 18.1 Å². The molecule has 2 aromatic rings. The molecule has 0 radical (unpaired) electrons. The van der Waals surface area contributed by atoms with Gasteiger partial charge in [-0.1, -0.05) is 30.3 Å². The molecule has 0 bridgehead atoms. The summed E-state index contributed by atoms with van der Waals surface area (Å²) in [5.41, 5.74) is 3.52. The fourth-order valence-electron chi connectivity index (χ4n) is 2.38. The van der Waals surface area contributed by atoms with E-state index in [4.69, 9.17) is 9.47 Å². The molecule has 2 rings (SSSR count). The molecule has 3 nitrogen and oxygen atoms in total. The van der Waals surface area contributed by atoms with Gasteiger partial charge >= 0.3 is 0 Å². The van der Waals surface area contributed by atoms with Crippen LogP contribution in [0.3, 0.4) is 0 Å². The van der Waals surface area contributed by atoms with E-state index in [1.165, 1.54) is 16.7 Å². The Labute approximate surface area is 126 Å². The molecule has 112 valence electrons. The number of nitrogens with one attached hydrogen (secondary N) is 1. The third-order valence-electron chi connectivity index (χ3n) is 3.67. The van der Waals surface area contributed by atoms with E-state index in [2.05, 4.69) is 49.5 Å². The summed E-state index contributed by atoms with van der Waals surface area (Å²) in [5.74, 6) is 1.84. The molecule has 1 N–H and O–H groups in total. The Kier molecular flexibility index (Phi) is 5.23. The molecule has 3 heteroatoms. The second-order valence-corrected chi connectivity index (χ2v) is 5.15. The molecule has 0 amide bonds. The van der Waals surface area contributed by atoms with E-state index in [1.54, 1.807) is 7.11 Å². The molecule has 0 saturated carbocycles. The Morgan fingerprint density at radius 3 is 2.14 bits per heavy atom. The highest BCUT2D eigenvalue weighted by Crippen LogP contribution is 2.24. The Morgan fingerprint density at radius 1 is 1.00 bits per heavy atom. The number of hydrogen-bond acceptors (Lipinski definition) is 3. The fraction of sp³-hybridized carbons (Fsp3) is 0.333. The van der Waals surface area contributed by atoms with Crippen LogP contribution in [0, 0.1) is 13.8 Å². The van der Waals surface area contributed by atoms with Crippen molar-refractivity contribution in [2.45, 2.75) is 19.9 Å². The van der Waals surface area contributed by atoms with Crippen molar-refractivity contribution in [3.8, 4) is 11.5 Å². The van der Waals surface area contributed by atoms with Crippen molar-refractivity contribution in [3.63, 3.8) is 0 Å². The predicted molar refractivity (Wildman–Crippen MR) is 86.2 cm³/mol.